The summed E-state index contributed by atoms with van der Waals surface area (Å²) in [4.78, 5) is 4.16. The summed E-state index contributed by atoms with van der Waals surface area (Å²) in [5.41, 5.74) is 6.47. The lowest BCUT2D eigenvalue weighted by Crippen LogP contribution is -2.37. The minimum atomic E-state index is -4.36. The van der Waals surface area contributed by atoms with Gasteiger partial charge in [-0.15, -0.1) is 0 Å². The predicted molar refractivity (Wildman–Crippen MR) is 80.3 cm³/mol. The van der Waals surface area contributed by atoms with Gasteiger partial charge in [-0.05, 0) is 30.5 Å². The molecule has 1 aliphatic rings. The van der Waals surface area contributed by atoms with Crippen molar-refractivity contribution in [1.82, 2.24) is 5.32 Å². The van der Waals surface area contributed by atoms with Gasteiger partial charge in [0, 0.05) is 13.2 Å². The molecule has 0 aliphatic carbocycles. The zero-order valence-electron chi connectivity index (χ0n) is 12.6. The monoisotopic (exact) mass is 331 g/mol. The van der Waals surface area contributed by atoms with Gasteiger partial charge in [0.15, 0.2) is 12.6 Å². The lowest BCUT2D eigenvalue weighted by atomic mass is 10.2. The first-order valence-electron chi connectivity index (χ1n) is 7.36. The lowest BCUT2D eigenvalue weighted by Gasteiger charge is -2.11. The Morgan fingerprint density at radius 2 is 2.26 bits per heavy atom. The van der Waals surface area contributed by atoms with Crippen molar-refractivity contribution in [2.75, 3.05) is 19.8 Å². The molecule has 1 atom stereocenters. The van der Waals surface area contributed by atoms with Crippen LogP contribution in [0.1, 0.15) is 18.4 Å². The Kier molecular flexibility index (Phi) is 6.09. The van der Waals surface area contributed by atoms with Crippen molar-refractivity contribution in [2.45, 2.75) is 31.7 Å². The van der Waals surface area contributed by atoms with E-state index < -0.39 is 12.8 Å². The molecule has 1 aromatic rings. The Bertz CT molecular complexity index is 529. The third-order valence-electron chi connectivity index (χ3n) is 3.27. The van der Waals surface area contributed by atoms with Crippen molar-refractivity contribution in [1.29, 1.82) is 0 Å². The summed E-state index contributed by atoms with van der Waals surface area (Å²) in [5.74, 6) is 0.433. The van der Waals surface area contributed by atoms with Crippen LogP contribution in [0.25, 0.3) is 0 Å². The van der Waals surface area contributed by atoms with Gasteiger partial charge in [-0.1, -0.05) is 12.1 Å². The van der Waals surface area contributed by atoms with Crippen LogP contribution in [0.2, 0.25) is 0 Å². The number of rotatable bonds is 6. The van der Waals surface area contributed by atoms with Crippen molar-refractivity contribution in [3.05, 3.63) is 29.8 Å². The molecule has 1 aliphatic heterocycles. The highest BCUT2D eigenvalue weighted by Gasteiger charge is 2.28. The Hall–Kier alpha value is -1.96. The van der Waals surface area contributed by atoms with Crippen LogP contribution in [-0.2, 0) is 11.3 Å². The fourth-order valence-electron chi connectivity index (χ4n) is 2.15. The number of nitrogens with two attached hydrogens (primary N) is 1. The molecule has 1 unspecified atom stereocenters. The summed E-state index contributed by atoms with van der Waals surface area (Å²) in [5, 5.41) is 2.98. The Morgan fingerprint density at radius 1 is 1.43 bits per heavy atom. The average molecular weight is 331 g/mol. The van der Waals surface area contributed by atoms with Gasteiger partial charge in [0.25, 0.3) is 0 Å². The smallest absolute Gasteiger partial charge is 0.422 e. The van der Waals surface area contributed by atoms with E-state index in [-0.39, 0.29) is 24.4 Å². The number of hydrogen-bond donors (Lipinski definition) is 2. The first-order chi connectivity index (χ1) is 10.9. The van der Waals surface area contributed by atoms with Gasteiger partial charge >= 0.3 is 6.18 Å². The van der Waals surface area contributed by atoms with Crippen LogP contribution in [0.4, 0.5) is 13.2 Å². The summed E-state index contributed by atoms with van der Waals surface area (Å²) in [6.45, 7) is 0.316. The summed E-state index contributed by atoms with van der Waals surface area (Å²) in [7, 11) is 0. The fourth-order valence-corrected chi connectivity index (χ4v) is 2.15. The molecule has 0 amide bonds. The second-order valence-electron chi connectivity index (χ2n) is 5.27. The molecular weight excluding hydrogens is 311 g/mol. The topological polar surface area (TPSA) is 68.9 Å². The highest BCUT2D eigenvalue weighted by Crippen LogP contribution is 2.19. The Labute approximate surface area is 132 Å². The maximum Gasteiger partial charge on any atom is 0.422 e. The van der Waals surface area contributed by atoms with Gasteiger partial charge in [-0.25, -0.2) is 4.99 Å². The van der Waals surface area contributed by atoms with E-state index in [1.165, 1.54) is 12.1 Å². The van der Waals surface area contributed by atoms with Crippen molar-refractivity contribution in [3.63, 3.8) is 0 Å². The van der Waals surface area contributed by atoms with Crippen LogP contribution in [0.5, 0.6) is 5.75 Å². The minimum absolute atomic E-state index is 0.154. The molecular formula is C15H20F3N3O2. The van der Waals surface area contributed by atoms with Gasteiger partial charge in [-0.3, -0.25) is 0 Å². The van der Waals surface area contributed by atoms with Gasteiger partial charge in [0.1, 0.15) is 5.75 Å². The van der Waals surface area contributed by atoms with E-state index in [4.69, 9.17) is 15.2 Å². The second kappa shape index (κ2) is 8.05. The third-order valence-corrected chi connectivity index (χ3v) is 3.27. The molecule has 1 saturated heterocycles. The van der Waals surface area contributed by atoms with Crippen molar-refractivity contribution in [3.8, 4) is 5.75 Å². The van der Waals surface area contributed by atoms with E-state index in [1.807, 2.05) is 0 Å². The maximum atomic E-state index is 12.1. The molecule has 0 spiro atoms. The first-order valence-corrected chi connectivity index (χ1v) is 7.36. The standard InChI is InChI=1S/C15H20F3N3O2/c16-15(17,18)10-23-12-4-1-3-11(7-12)8-20-14(19)21-9-13-5-2-6-22-13/h1,3-4,7,13H,2,5-6,8-10H2,(H3,19,20,21). The summed E-state index contributed by atoms with van der Waals surface area (Å²) >= 11 is 0. The van der Waals surface area contributed by atoms with Crippen LogP contribution >= 0.6 is 0 Å². The Morgan fingerprint density at radius 3 is 2.96 bits per heavy atom. The molecule has 1 aromatic carbocycles. The largest absolute Gasteiger partial charge is 0.484 e. The SMILES string of the molecule is NC(=NCc1cccc(OCC(F)(F)F)c1)NCC1CCCO1. The number of nitrogens with one attached hydrogen (secondary N) is 1. The van der Waals surface area contributed by atoms with Crippen LogP contribution in [-0.4, -0.2) is 38.0 Å². The fraction of sp³-hybridized carbons (Fsp3) is 0.533. The third kappa shape index (κ3) is 6.77. The van der Waals surface area contributed by atoms with Crippen LogP contribution in [0.15, 0.2) is 29.3 Å². The zero-order chi connectivity index (χ0) is 16.7. The van der Waals surface area contributed by atoms with E-state index in [1.54, 1.807) is 12.1 Å². The molecule has 8 heteroatoms. The summed E-state index contributed by atoms with van der Waals surface area (Å²) < 4.78 is 46.5. The predicted octanol–water partition coefficient (Wildman–Crippen LogP) is 2.21. The number of guanidine groups is 1. The number of aliphatic imine (C=N–C) groups is 1. The van der Waals surface area contributed by atoms with Crippen LogP contribution in [0.3, 0.4) is 0 Å². The Balaban J connectivity index is 1.80. The highest BCUT2D eigenvalue weighted by atomic mass is 19.4. The van der Waals surface area contributed by atoms with E-state index in [0.717, 1.165) is 19.4 Å². The molecule has 0 aromatic heterocycles. The molecule has 0 bridgehead atoms. The van der Waals surface area contributed by atoms with Gasteiger partial charge < -0.3 is 20.5 Å². The maximum absolute atomic E-state index is 12.1. The van der Waals surface area contributed by atoms with Gasteiger partial charge in [0.05, 0.1) is 12.6 Å². The normalized spacial score (nSPS) is 18.9. The van der Waals surface area contributed by atoms with Crippen LogP contribution < -0.4 is 15.8 Å². The number of benzene rings is 1. The van der Waals surface area contributed by atoms with E-state index >= 15 is 0 Å². The number of nitrogens with zero attached hydrogens (tertiary/aromatic N) is 1. The molecule has 5 nitrogen and oxygen atoms in total. The summed E-state index contributed by atoms with van der Waals surface area (Å²) in [6.07, 6.45) is -2.15. The first kappa shape index (κ1) is 17.4. The molecule has 0 radical (unpaired) electrons. The van der Waals surface area contributed by atoms with Crippen LogP contribution in [0, 0.1) is 0 Å². The quantitative estimate of drug-likeness (QED) is 0.619. The van der Waals surface area contributed by atoms with Gasteiger partial charge in [0.2, 0.25) is 0 Å². The summed E-state index contributed by atoms with van der Waals surface area (Å²) in [6, 6.07) is 6.35. The molecule has 2 rings (SSSR count). The molecule has 23 heavy (non-hydrogen) atoms. The zero-order valence-corrected chi connectivity index (χ0v) is 12.6. The number of halogens is 3. The average Bonchev–Trinajstić information content (AvgIpc) is 3.02. The molecule has 3 N–H and O–H groups in total. The molecule has 128 valence electrons. The van der Waals surface area contributed by atoms with Gasteiger partial charge in [-0.2, -0.15) is 13.2 Å². The minimum Gasteiger partial charge on any atom is -0.484 e. The van der Waals surface area contributed by atoms with E-state index in [9.17, 15) is 13.2 Å². The number of hydrogen-bond acceptors (Lipinski definition) is 3. The van der Waals surface area contributed by atoms with E-state index in [2.05, 4.69) is 10.3 Å². The number of ether oxygens (including phenoxy) is 2. The molecule has 0 saturated carbocycles. The lowest BCUT2D eigenvalue weighted by molar-refractivity contribution is -0.153. The van der Waals surface area contributed by atoms with Crippen molar-refractivity contribution < 1.29 is 22.6 Å². The molecule has 1 heterocycles. The van der Waals surface area contributed by atoms with E-state index in [0.29, 0.717) is 12.1 Å². The van der Waals surface area contributed by atoms with Crippen molar-refractivity contribution in [2.24, 2.45) is 10.7 Å². The number of alkyl halides is 3. The highest BCUT2D eigenvalue weighted by molar-refractivity contribution is 5.77. The van der Waals surface area contributed by atoms with Crippen molar-refractivity contribution >= 4 is 5.96 Å². The second-order valence-corrected chi connectivity index (χ2v) is 5.27. The molecule has 1 fully saturated rings.